The van der Waals surface area contributed by atoms with Crippen LogP contribution in [0.4, 0.5) is 0 Å². The summed E-state index contributed by atoms with van der Waals surface area (Å²) in [5.41, 5.74) is 0. The molecule has 8 nitrogen and oxygen atoms in total. The third-order valence-corrected chi connectivity index (χ3v) is 2.71. The topological polar surface area (TPSA) is 112 Å². The summed E-state index contributed by atoms with van der Waals surface area (Å²) in [6.45, 7) is -0.357. The van der Waals surface area contributed by atoms with Crippen LogP contribution in [0.15, 0.2) is 23.4 Å². The third kappa shape index (κ3) is 3.31. The summed E-state index contributed by atoms with van der Waals surface area (Å²) >= 11 is 0. The molecule has 17 heavy (non-hydrogen) atoms. The zero-order valence-electron chi connectivity index (χ0n) is 9.08. The van der Waals surface area contributed by atoms with Crippen LogP contribution in [0.25, 0.3) is 0 Å². The van der Waals surface area contributed by atoms with Crippen molar-refractivity contribution >= 4 is 13.8 Å². The lowest BCUT2D eigenvalue weighted by molar-refractivity contribution is -0.135. The standard InChI is InChI=1S/C8H11O8P/c1-13-7-5(16-8(10)6(7)9)3-4-15-17(11,12)14-2/h3,9H,4H2,1-2H3,(H,11,12)/b5-3+. The van der Waals surface area contributed by atoms with Crippen LogP contribution in [-0.2, 0) is 27.9 Å². The molecular formula is C8H11O8P. The fourth-order valence-corrected chi connectivity index (χ4v) is 1.36. The summed E-state index contributed by atoms with van der Waals surface area (Å²) < 4.78 is 28.9. The van der Waals surface area contributed by atoms with Gasteiger partial charge in [-0.2, -0.15) is 0 Å². The Morgan fingerprint density at radius 1 is 1.47 bits per heavy atom. The van der Waals surface area contributed by atoms with E-state index in [1.165, 1.54) is 7.11 Å². The Bertz CT molecular complexity index is 423. The monoisotopic (exact) mass is 266 g/mol. The van der Waals surface area contributed by atoms with E-state index in [4.69, 9.17) is 9.63 Å². The average molecular weight is 266 g/mol. The van der Waals surface area contributed by atoms with E-state index in [0.717, 1.165) is 13.2 Å². The van der Waals surface area contributed by atoms with Crippen LogP contribution in [0.3, 0.4) is 0 Å². The van der Waals surface area contributed by atoms with Crippen molar-refractivity contribution in [3.05, 3.63) is 23.4 Å². The first-order valence-electron chi connectivity index (χ1n) is 4.34. The maximum Gasteiger partial charge on any atom is 0.472 e. The van der Waals surface area contributed by atoms with Gasteiger partial charge in [-0.15, -0.1) is 0 Å². The van der Waals surface area contributed by atoms with Crippen LogP contribution >= 0.6 is 7.82 Å². The number of ether oxygens (including phenoxy) is 2. The number of aliphatic hydroxyl groups is 1. The van der Waals surface area contributed by atoms with Crippen molar-refractivity contribution in [3.8, 4) is 0 Å². The quantitative estimate of drug-likeness (QED) is 0.549. The Morgan fingerprint density at radius 3 is 2.65 bits per heavy atom. The van der Waals surface area contributed by atoms with Crippen LogP contribution in [-0.4, -0.2) is 36.8 Å². The second-order valence-electron chi connectivity index (χ2n) is 2.79. The van der Waals surface area contributed by atoms with E-state index in [1.54, 1.807) is 0 Å². The fourth-order valence-electron chi connectivity index (χ4n) is 0.995. The van der Waals surface area contributed by atoms with Crippen LogP contribution in [0.1, 0.15) is 0 Å². The number of esters is 1. The maximum absolute atomic E-state index is 10.9. The summed E-state index contributed by atoms with van der Waals surface area (Å²) in [6.07, 6.45) is 1.15. The minimum atomic E-state index is -4.09. The van der Waals surface area contributed by atoms with E-state index >= 15 is 0 Å². The highest BCUT2D eigenvalue weighted by Gasteiger charge is 2.31. The van der Waals surface area contributed by atoms with Crippen molar-refractivity contribution in [3.63, 3.8) is 0 Å². The summed E-state index contributed by atoms with van der Waals surface area (Å²) in [4.78, 5) is 19.9. The predicted octanol–water partition coefficient (Wildman–Crippen LogP) is 0.606. The number of cyclic esters (lactones) is 1. The molecule has 9 heteroatoms. The molecule has 1 atom stereocenters. The largest absolute Gasteiger partial charge is 0.499 e. The van der Waals surface area contributed by atoms with Crippen LogP contribution < -0.4 is 0 Å². The van der Waals surface area contributed by atoms with E-state index in [9.17, 15) is 14.5 Å². The van der Waals surface area contributed by atoms with Gasteiger partial charge in [0.05, 0.1) is 13.7 Å². The molecule has 0 bridgehead atoms. The smallest absolute Gasteiger partial charge is 0.472 e. The minimum Gasteiger partial charge on any atom is -0.499 e. The van der Waals surface area contributed by atoms with Crippen molar-refractivity contribution in [1.29, 1.82) is 0 Å². The van der Waals surface area contributed by atoms with Gasteiger partial charge >= 0.3 is 13.8 Å². The molecule has 0 amide bonds. The van der Waals surface area contributed by atoms with Gasteiger partial charge in [0.2, 0.25) is 11.5 Å². The Balaban J connectivity index is 2.69. The highest BCUT2D eigenvalue weighted by Crippen LogP contribution is 2.41. The number of hydrogen-bond donors (Lipinski definition) is 2. The van der Waals surface area contributed by atoms with E-state index in [-0.39, 0.29) is 18.1 Å². The van der Waals surface area contributed by atoms with Crippen molar-refractivity contribution in [1.82, 2.24) is 0 Å². The van der Waals surface area contributed by atoms with Crippen molar-refractivity contribution in [2.45, 2.75) is 0 Å². The van der Waals surface area contributed by atoms with Gasteiger partial charge in [-0.05, 0) is 6.08 Å². The molecule has 1 unspecified atom stereocenters. The Labute approximate surface area is 96.7 Å². The molecule has 0 aromatic carbocycles. The number of hydrogen-bond acceptors (Lipinski definition) is 7. The molecule has 0 saturated heterocycles. The van der Waals surface area contributed by atoms with Gasteiger partial charge in [0, 0.05) is 7.11 Å². The SMILES string of the molecule is COC1=C(O)C(=O)O/C1=C/COP(=O)(O)OC. The van der Waals surface area contributed by atoms with Gasteiger partial charge in [-0.1, -0.05) is 0 Å². The Hall–Kier alpha value is -1.34. The van der Waals surface area contributed by atoms with Crippen molar-refractivity contribution < 1.29 is 37.9 Å². The highest BCUT2D eigenvalue weighted by atomic mass is 31.2. The van der Waals surface area contributed by atoms with Gasteiger partial charge in [-0.25, -0.2) is 9.36 Å². The first-order valence-corrected chi connectivity index (χ1v) is 5.84. The molecule has 0 spiro atoms. The van der Waals surface area contributed by atoms with E-state index in [1.807, 2.05) is 0 Å². The summed E-state index contributed by atoms with van der Waals surface area (Å²) in [6, 6.07) is 0. The normalized spacial score (nSPS) is 21.6. The molecule has 2 N–H and O–H groups in total. The second-order valence-corrected chi connectivity index (χ2v) is 4.35. The Kier molecular flexibility index (Phi) is 4.30. The van der Waals surface area contributed by atoms with Crippen LogP contribution in [0, 0.1) is 0 Å². The fraction of sp³-hybridized carbons (Fsp3) is 0.375. The second kappa shape index (κ2) is 5.33. The number of phosphoric ester groups is 1. The van der Waals surface area contributed by atoms with Crippen molar-refractivity contribution in [2.75, 3.05) is 20.8 Å². The minimum absolute atomic E-state index is 0.0916. The molecule has 96 valence electrons. The predicted molar refractivity (Wildman–Crippen MR) is 53.6 cm³/mol. The summed E-state index contributed by atoms with van der Waals surface area (Å²) in [5, 5.41) is 9.20. The molecule has 0 aromatic heterocycles. The van der Waals surface area contributed by atoms with Crippen LogP contribution in [0.5, 0.6) is 0 Å². The molecule has 0 aliphatic carbocycles. The van der Waals surface area contributed by atoms with E-state index in [0.29, 0.717) is 0 Å². The molecule has 0 aromatic rings. The number of carbonyl (C=O) groups is 1. The number of carbonyl (C=O) groups excluding carboxylic acids is 1. The number of rotatable bonds is 5. The van der Waals surface area contributed by atoms with Gasteiger partial charge in [0.25, 0.3) is 0 Å². The molecular weight excluding hydrogens is 255 g/mol. The lowest BCUT2D eigenvalue weighted by Crippen LogP contribution is -1.98. The Morgan fingerprint density at radius 2 is 2.12 bits per heavy atom. The van der Waals surface area contributed by atoms with Gasteiger partial charge in [-0.3, -0.25) is 9.05 Å². The number of methoxy groups -OCH3 is 1. The van der Waals surface area contributed by atoms with Gasteiger partial charge < -0.3 is 19.5 Å². The molecule has 1 heterocycles. The summed E-state index contributed by atoms with van der Waals surface area (Å²) in [7, 11) is -1.85. The molecule has 0 saturated carbocycles. The first kappa shape index (κ1) is 13.7. The zero-order valence-corrected chi connectivity index (χ0v) is 9.97. The first-order chi connectivity index (χ1) is 7.91. The lowest BCUT2D eigenvalue weighted by Gasteiger charge is -2.07. The summed E-state index contributed by atoms with van der Waals surface area (Å²) in [5.74, 6) is -1.89. The van der Waals surface area contributed by atoms with Crippen LogP contribution in [0.2, 0.25) is 0 Å². The van der Waals surface area contributed by atoms with Crippen molar-refractivity contribution in [2.24, 2.45) is 0 Å². The van der Waals surface area contributed by atoms with Gasteiger partial charge in [0.1, 0.15) is 0 Å². The van der Waals surface area contributed by atoms with E-state index in [2.05, 4.69) is 13.8 Å². The molecule has 1 aliphatic rings. The van der Waals surface area contributed by atoms with Gasteiger partial charge in [0.15, 0.2) is 5.76 Å². The zero-order chi connectivity index (χ0) is 13.1. The highest BCUT2D eigenvalue weighted by molar-refractivity contribution is 7.47. The maximum atomic E-state index is 10.9. The molecule has 1 aliphatic heterocycles. The third-order valence-electron chi connectivity index (χ3n) is 1.78. The molecule has 0 radical (unpaired) electrons. The number of aliphatic hydroxyl groups excluding tert-OH is 1. The molecule has 1 rings (SSSR count). The number of phosphoric acid groups is 1. The average Bonchev–Trinajstić information content (AvgIpc) is 2.54. The van der Waals surface area contributed by atoms with E-state index < -0.39 is 19.6 Å². The lowest BCUT2D eigenvalue weighted by atomic mass is 10.3. The molecule has 0 fully saturated rings.